The molecule has 0 fully saturated rings. The Hall–Kier alpha value is -0.197. The summed E-state index contributed by atoms with van der Waals surface area (Å²) in [6.45, 7) is 3.74. The molecule has 0 heterocycles. The number of halogens is 1. The van der Waals surface area contributed by atoms with E-state index in [1.165, 1.54) is 0 Å². The molecule has 0 saturated carbocycles. The maximum atomic E-state index is 4.94. The van der Waals surface area contributed by atoms with Gasteiger partial charge >= 0.3 is 0 Å². The van der Waals surface area contributed by atoms with Gasteiger partial charge in [-0.05, 0) is 0 Å². The number of rotatable bonds is 1. The van der Waals surface area contributed by atoms with Crippen LogP contribution in [0.4, 0.5) is 0 Å². The zero-order valence-corrected chi connectivity index (χ0v) is 10.3. The van der Waals surface area contributed by atoms with Gasteiger partial charge in [-0.15, -0.1) is 12.4 Å². The summed E-state index contributed by atoms with van der Waals surface area (Å²) < 4.78 is 4.94. The Bertz CT molecular complexity index is 186. The second-order valence-corrected chi connectivity index (χ2v) is 1.85. The summed E-state index contributed by atoms with van der Waals surface area (Å²) in [6, 6.07) is 7.61. The van der Waals surface area contributed by atoms with E-state index in [1.54, 1.807) is 7.11 Å². The maximum absolute atomic E-state index is 4.94. The van der Waals surface area contributed by atoms with Crippen molar-refractivity contribution < 1.29 is 24.2 Å². The van der Waals surface area contributed by atoms with Gasteiger partial charge in [0, 0.05) is 19.5 Å². The quantitative estimate of drug-likeness (QED) is 0.524. The topological polar surface area (TPSA) is 9.23 Å². The summed E-state index contributed by atoms with van der Waals surface area (Å²) in [6.07, 6.45) is 0. The molecule has 0 aliphatic heterocycles. The van der Waals surface area contributed by atoms with Gasteiger partial charge in [-0.25, -0.2) is 0 Å². The van der Waals surface area contributed by atoms with Crippen molar-refractivity contribution in [1.29, 1.82) is 0 Å². The fourth-order valence-corrected chi connectivity index (χ4v) is 0.626. The molecular formula is C8H10ClOZn-. The van der Waals surface area contributed by atoms with Gasteiger partial charge in [0.15, 0.2) is 0 Å². The molecule has 0 atom stereocenters. The Morgan fingerprint density at radius 2 is 1.64 bits per heavy atom. The fraction of sp³-hybridized carbons (Fsp3) is 0.125. The predicted octanol–water partition coefficient (Wildman–Crippen LogP) is 2.30. The van der Waals surface area contributed by atoms with Crippen LogP contribution in [0.15, 0.2) is 24.3 Å². The van der Waals surface area contributed by atoms with Gasteiger partial charge < -0.3 is 4.74 Å². The molecule has 0 radical (unpaired) electrons. The number of benzene rings is 1. The van der Waals surface area contributed by atoms with E-state index in [9.17, 15) is 0 Å². The van der Waals surface area contributed by atoms with Gasteiger partial charge in [0.25, 0.3) is 0 Å². The Morgan fingerprint density at radius 3 is 2.00 bits per heavy atom. The van der Waals surface area contributed by atoms with Crippen molar-refractivity contribution in [3.05, 3.63) is 36.8 Å². The van der Waals surface area contributed by atoms with E-state index in [0.717, 1.165) is 11.3 Å². The van der Waals surface area contributed by atoms with E-state index in [2.05, 4.69) is 6.92 Å². The number of hydrogen-bond donors (Lipinski definition) is 0. The minimum atomic E-state index is 0. The van der Waals surface area contributed by atoms with Crippen molar-refractivity contribution in [2.75, 3.05) is 7.11 Å². The molecule has 3 heteroatoms. The van der Waals surface area contributed by atoms with Crippen molar-refractivity contribution >= 4 is 12.4 Å². The van der Waals surface area contributed by atoms with E-state index in [-0.39, 0.29) is 31.9 Å². The fourth-order valence-electron chi connectivity index (χ4n) is 0.626. The zero-order chi connectivity index (χ0) is 6.69. The molecule has 0 amide bonds. The SMILES string of the molecule is Cl.[CH2-]c1ccc(OC)cc1.[Zn]. The molecule has 0 unspecified atom stereocenters. The third kappa shape index (κ3) is 4.28. The first kappa shape index (κ1) is 13.4. The average Bonchev–Trinajstić information content (AvgIpc) is 1.90. The maximum Gasteiger partial charge on any atom is 0.0943 e. The first-order valence-corrected chi connectivity index (χ1v) is 2.79. The van der Waals surface area contributed by atoms with E-state index >= 15 is 0 Å². The molecule has 0 N–H and O–H groups in total. The minimum Gasteiger partial charge on any atom is -0.499 e. The summed E-state index contributed by atoms with van der Waals surface area (Å²) in [4.78, 5) is 0. The molecule has 1 aromatic carbocycles. The molecule has 1 nitrogen and oxygen atoms in total. The largest absolute Gasteiger partial charge is 0.499 e. The predicted molar refractivity (Wildman–Crippen MR) is 44.7 cm³/mol. The minimum absolute atomic E-state index is 0. The first-order chi connectivity index (χ1) is 4.33. The summed E-state index contributed by atoms with van der Waals surface area (Å²) in [7, 11) is 1.65. The molecule has 1 aromatic rings. The van der Waals surface area contributed by atoms with Crippen LogP contribution in [0.3, 0.4) is 0 Å². The summed E-state index contributed by atoms with van der Waals surface area (Å²) >= 11 is 0. The molecule has 0 aliphatic rings. The standard InChI is InChI=1S/C8H9O.ClH.Zn/c1-7-3-5-8(9-2)6-4-7;;/h3-6H,1H2,2H3;1H;/q-1;;. The number of hydrogen-bond acceptors (Lipinski definition) is 1. The van der Waals surface area contributed by atoms with Crippen LogP contribution in [-0.4, -0.2) is 7.11 Å². The van der Waals surface area contributed by atoms with Crippen LogP contribution < -0.4 is 4.74 Å². The first-order valence-electron chi connectivity index (χ1n) is 2.79. The number of ether oxygens (including phenoxy) is 1. The molecule has 1 rings (SSSR count). The van der Waals surface area contributed by atoms with Crippen LogP contribution in [0.5, 0.6) is 5.75 Å². The van der Waals surface area contributed by atoms with Gasteiger partial charge in [0.05, 0.1) is 12.9 Å². The smallest absolute Gasteiger partial charge is 0.0943 e. The van der Waals surface area contributed by atoms with E-state index in [1.807, 2.05) is 24.3 Å². The summed E-state index contributed by atoms with van der Waals surface area (Å²) in [5.74, 6) is 0.877. The van der Waals surface area contributed by atoms with Gasteiger partial charge in [0.1, 0.15) is 0 Å². The van der Waals surface area contributed by atoms with Gasteiger partial charge in [-0.3, -0.25) is 0 Å². The molecular weight excluding hydrogens is 213 g/mol. The molecule has 0 bridgehead atoms. The van der Waals surface area contributed by atoms with Crippen molar-refractivity contribution in [3.63, 3.8) is 0 Å². The van der Waals surface area contributed by atoms with Crippen LogP contribution in [0.25, 0.3) is 0 Å². The van der Waals surface area contributed by atoms with Gasteiger partial charge in [-0.1, -0.05) is 12.1 Å². The Kier molecular flexibility index (Phi) is 7.93. The summed E-state index contributed by atoms with van der Waals surface area (Å²) in [5, 5.41) is 0. The second-order valence-electron chi connectivity index (χ2n) is 1.85. The Morgan fingerprint density at radius 1 is 1.18 bits per heavy atom. The van der Waals surface area contributed by atoms with E-state index < -0.39 is 0 Å². The normalized spacial score (nSPS) is 7.36. The van der Waals surface area contributed by atoms with Crippen molar-refractivity contribution in [2.24, 2.45) is 0 Å². The molecule has 0 spiro atoms. The van der Waals surface area contributed by atoms with E-state index in [4.69, 9.17) is 4.74 Å². The van der Waals surface area contributed by atoms with Crippen molar-refractivity contribution in [1.82, 2.24) is 0 Å². The van der Waals surface area contributed by atoms with Crippen LogP contribution >= 0.6 is 12.4 Å². The van der Waals surface area contributed by atoms with Gasteiger partial charge in [-0.2, -0.15) is 24.6 Å². The Balaban J connectivity index is 0. The summed E-state index contributed by atoms with van der Waals surface area (Å²) in [5.41, 5.74) is 1.01. The molecule has 0 aromatic heterocycles. The van der Waals surface area contributed by atoms with Crippen LogP contribution in [0.1, 0.15) is 5.56 Å². The van der Waals surface area contributed by atoms with Gasteiger partial charge in [0.2, 0.25) is 0 Å². The average molecular weight is 223 g/mol. The van der Waals surface area contributed by atoms with Crippen LogP contribution in [0.2, 0.25) is 0 Å². The molecule has 0 aliphatic carbocycles. The van der Waals surface area contributed by atoms with Crippen LogP contribution in [-0.2, 0) is 19.5 Å². The third-order valence-electron chi connectivity index (χ3n) is 1.16. The number of methoxy groups -OCH3 is 1. The molecule has 11 heavy (non-hydrogen) atoms. The monoisotopic (exact) mass is 221 g/mol. The molecule has 0 saturated heterocycles. The molecule has 58 valence electrons. The Labute approximate surface area is 86.3 Å². The van der Waals surface area contributed by atoms with Crippen molar-refractivity contribution in [3.8, 4) is 5.75 Å². The van der Waals surface area contributed by atoms with Crippen LogP contribution in [0, 0.1) is 6.92 Å². The second kappa shape index (κ2) is 6.51. The third-order valence-corrected chi connectivity index (χ3v) is 1.16. The van der Waals surface area contributed by atoms with E-state index in [0.29, 0.717) is 0 Å². The van der Waals surface area contributed by atoms with Crippen molar-refractivity contribution in [2.45, 2.75) is 0 Å². The zero-order valence-electron chi connectivity index (χ0n) is 6.54.